The molecule has 1 aromatic carbocycles. The number of halogens is 1. The minimum absolute atomic E-state index is 0. The van der Waals surface area contributed by atoms with E-state index in [9.17, 15) is 9.90 Å². The highest BCUT2D eigenvalue weighted by atomic mass is 127. The number of para-hydroxylation sites is 1. The van der Waals surface area contributed by atoms with Crippen molar-refractivity contribution in [2.45, 2.75) is 26.3 Å². The first kappa shape index (κ1) is 24.0. The molecular formula is C21H31IN6O2. The van der Waals surface area contributed by atoms with E-state index in [4.69, 9.17) is 4.99 Å². The van der Waals surface area contributed by atoms with Crippen LogP contribution in [0.5, 0.6) is 5.75 Å². The molecule has 0 radical (unpaired) electrons. The normalized spacial score (nSPS) is 19.1. The van der Waals surface area contributed by atoms with E-state index >= 15 is 0 Å². The molecule has 30 heavy (non-hydrogen) atoms. The number of benzene rings is 1. The monoisotopic (exact) mass is 526 g/mol. The van der Waals surface area contributed by atoms with Crippen LogP contribution in [0.15, 0.2) is 48.0 Å². The molecule has 1 aliphatic heterocycles. The lowest BCUT2D eigenvalue weighted by atomic mass is 9.93. The summed E-state index contributed by atoms with van der Waals surface area (Å²) in [5, 5.41) is 16.0. The molecule has 2 heterocycles. The number of likely N-dealkylation sites (tertiary alicyclic amines) is 1. The molecule has 1 saturated heterocycles. The smallest absolute Gasteiger partial charge is 0.255 e. The average Bonchev–Trinajstić information content (AvgIpc) is 3.25. The number of guanidine groups is 1. The van der Waals surface area contributed by atoms with Crippen LogP contribution in [0, 0.1) is 5.92 Å². The maximum atomic E-state index is 12.2. The van der Waals surface area contributed by atoms with Crippen molar-refractivity contribution in [3.63, 3.8) is 0 Å². The lowest BCUT2D eigenvalue weighted by Crippen LogP contribution is -2.49. The lowest BCUT2D eigenvalue weighted by Gasteiger charge is -2.39. The van der Waals surface area contributed by atoms with Gasteiger partial charge in [0.2, 0.25) is 0 Å². The molecule has 2 atom stereocenters. The van der Waals surface area contributed by atoms with Crippen LogP contribution in [0.3, 0.4) is 0 Å². The Labute approximate surface area is 194 Å². The summed E-state index contributed by atoms with van der Waals surface area (Å²) >= 11 is 0. The molecule has 1 aliphatic rings. The molecule has 0 spiro atoms. The van der Waals surface area contributed by atoms with E-state index in [1.54, 1.807) is 18.2 Å². The molecule has 1 fully saturated rings. The standard InChI is InChI=1S/C21H30N6O2.HI/c1-3-23-21(25-10-9-24-20(29)17-6-4-5-7-19(17)28)26-12-8-16(2)18(14-26)27-13-11-22-15-27;/h4-7,11,13,15-16,18,28H,3,8-10,12,14H2,1-2H3,(H,23,25)(H,24,29);1H. The summed E-state index contributed by atoms with van der Waals surface area (Å²) in [6.45, 7) is 7.79. The second kappa shape index (κ2) is 11.8. The van der Waals surface area contributed by atoms with Gasteiger partial charge in [0.1, 0.15) is 5.75 Å². The number of imidazole rings is 1. The number of hydrogen-bond acceptors (Lipinski definition) is 4. The zero-order valence-corrected chi connectivity index (χ0v) is 19.8. The Kier molecular flexibility index (Phi) is 9.41. The molecule has 9 heteroatoms. The second-order valence-corrected chi connectivity index (χ2v) is 7.30. The molecule has 3 rings (SSSR count). The molecular weight excluding hydrogens is 495 g/mol. The Morgan fingerprint density at radius 2 is 2.13 bits per heavy atom. The van der Waals surface area contributed by atoms with Crippen molar-refractivity contribution in [3.8, 4) is 5.75 Å². The predicted molar refractivity (Wildman–Crippen MR) is 128 cm³/mol. The first-order valence-corrected chi connectivity index (χ1v) is 10.2. The van der Waals surface area contributed by atoms with Gasteiger partial charge in [-0.3, -0.25) is 9.79 Å². The van der Waals surface area contributed by atoms with Crippen LogP contribution < -0.4 is 10.6 Å². The summed E-state index contributed by atoms with van der Waals surface area (Å²) in [6, 6.07) is 6.88. The first-order chi connectivity index (χ1) is 14.1. The van der Waals surface area contributed by atoms with E-state index in [0.717, 1.165) is 32.0 Å². The number of nitrogens with zero attached hydrogens (tertiary/aromatic N) is 4. The highest BCUT2D eigenvalue weighted by molar-refractivity contribution is 14.0. The van der Waals surface area contributed by atoms with E-state index in [-0.39, 0.29) is 41.2 Å². The van der Waals surface area contributed by atoms with Crippen molar-refractivity contribution in [2.75, 3.05) is 32.7 Å². The van der Waals surface area contributed by atoms with E-state index in [1.807, 2.05) is 18.7 Å². The molecule has 1 aromatic heterocycles. The Bertz CT molecular complexity index is 827. The number of aromatic hydroxyl groups is 1. The van der Waals surface area contributed by atoms with Crippen LogP contribution in [-0.2, 0) is 0 Å². The van der Waals surface area contributed by atoms with Crippen LogP contribution in [0.2, 0.25) is 0 Å². The van der Waals surface area contributed by atoms with Crippen molar-refractivity contribution in [3.05, 3.63) is 48.5 Å². The zero-order chi connectivity index (χ0) is 20.6. The van der Waals surface area contributed by atoms with Gasteiger partial charge in [-0.25, -0.2) is 4.98 Å². The highest BCUT2D eigenvalue weighted by Gasteiger charge is 2.28. The quantitative estimate of drug-likeness (QED) is 0.233. The molecule has 2 unspecified atom stereocenters. The molecule has 2 aromatic rings. The zero-order valence-electron chi connectivity index (χ0n) is 17.5. The Balaban J connectivity index is 0.00000320. The number of nitrogens with one attached hydrogen (secondary N) is 2. The topological polar surface area (TPSA) is 94.8 Å². The molecule has 1 amide bonds. The number of phenolic OH excluding ortho intramolecular Hbond substituents is 1. The molecule has 0 aliphatic carbocycles. The third-order valence-corrected chi connectivity index (χ3v) is 5.27. The van der Waals surface area contributed by atoms with Gasteiger partial charge in [-0.05, 0) is 31.4 Å². The Hall–Kier alpha value is -2.30. The summed E-state index contributed by atoms with van der Waals surface area (Å²) in [7, 11) is 0. The van der Waals surface area contributed by atoms with Gasteiger partial charge in [0, 0.05) is 38.6 Å². The fourth-order valence-electron chi connectivity index (χ4n) is 3.61. The van der Waals surface area contributed by atoms with Crippen molar-refractivity contribution in [1.29, 1.82) is 0 Å². The van der Waals surface area contributed by atoms with Crippen molar-refractivity contribution in [2.24, 2.45) is 10.9 Å². The van der Waals surface area contributed by atoms with Crippen molar-refractivity contribution >= 4 is 35.8 Å². The fourth-order valence-corrected chi connectivity index (χ4v) is 3.61. The lowest BCUT2D eigenvalue weighted by molar-refractivity contribution is 0.0952. The summed E-state index contributed by atoms with van der Waals surface area (Å²) < 4.78 is 2.17. The van der Waals surface area contributed by atoms with E-state index in [0.29, 0.717) is 25.0 Å². The summed E-state index contributed by atoms with van der Waals surface area (Å²) in [4.78, 5) is 23.4. The third-order valence-electron chi connectivity index (χ3n) is 5.27. The van der Waals surface area contributed by atoms with Gasteiger partial charge in [-0.15, -0.1) is 24.0 Å². The van der Waals surface area contributed by atoms with Gasteiger partial charge in [-0.1, -0.05) is 19.1 Å². The first-order valence-electron chi connectivity index (χ1n) is 10.2. The van der Waals surface area contributed by atoms with Crippen LogP contribution in [-0.4, -0.2) is 64.1 Å². The van der Waals surface area contributed by atoms with Gasteiger partial charge < -0.3 is 25.2 Å². The van der Waals surface area contributed by atoms with Crippen LogP contribution in [0.1, 0.15) is 36.7 Å². The summed E-state index contributed by atoms with van der Waals surface area (Å²) in [5.41, 5.74) is 0.275. The number of aromatic nitrogens is 2. The number of carbonyl (C=O) groups is 1. The maximum absolute atomic E-state index is 12.2. The molecule has 0 saturated carbocycles. The second-order valence-electron chi connectivity index (χ2n) is 7.30. The van der Waals surface area contributed by atoms with Gasteiger partial charge >= 0.3 is 0 Å². The molecule has 164 valence electrons. The Morgan fingerprint density at radius 1 is 1.33 bits per heavy atom. The van der Waals surface area contributed by atoms with Gasteiger partial charge in [0.15, 0.2) is 5.96 Å². The Morgan fingerprint density at radius 3 is 2.83 bits per heavy atom. The largest absolute Gasteiger partial charge is 0.507 e. The maximum Gasteiger partial charge on any atom is 0.255 e. The summed E-state index contributed by atoms with van der Waals surface area (Å²) in [5.74, 6) is 1.12. The number of aliphatic imine (C=N–C) groups is 1. The number of phenols is 1. The highest BCUT2D eigenvalue weighted by Crippen LogP contribution is 2.27. The third kappa shape index (κ3) is 6.10. The van der Waals surface area contributed by atoms with Gasteiger partial charge in [0.25, 0.3) is 5.91 Å². The number of piperidine rings is 1. The van der Waals surface area contributed by atoms with Gasteiger partial charge in [-0.2, -0.15) is 0 Å². The van der Waals surface area contributed by atoms with Crippen LogP contribution >= 0.6 is 24.0 Å². The predicted octanol–water partition coefficient (Wildman–Crippen LogP) is 2.49. The van der Waals surface area contributed by atoms with Crippen LogP contribution in [0.4, 0.5) is 0 Å². The SMILES string of the molecule is CCNC(=NCCNC(=O)c1ccccc1O)N1CCC(C)C(n2ccnc2)C1.I. The van der Waals surface area contributed by atoms with E-state index < -0.39 is 0 Å². The van der Waals surface area contributed by atoms with Crippen molar-refractivity contribution < 1.29 is 9.90 Å². The van der Waals surface area contributed by atoms with Crippen LogP contribution in [0.25, 0.3) is 0 Å². The van der Waals surface area contributed by atoms with Gasteiger partial charge in [0.05, 0.1) is 24.5 Å². The van der Waals surface area contributed by atoms with E-state index in [1.165, 1.54) is 6.07 Å². The number of carbonyl (C=O) groups excluding carboxylic acids is 1. The number of amides is 1. The molecule has 8 nitrogen and oxygen atoms in total. The minimum atomic E-state index is -0.296. The fraction of sp³-hybridized carbons (Fsp3) is 0.476. The molecule has 0 bridgehead atoms. The molecule has 3 N–H and O–H groups in total. The summed E-state index contributed by atoms with van der Waals surface area (Å²) in [6.07, 6.45) is 6.79. The average molecular weight is 526 g/mol. The number of rotatable bonds is 6. The van der Waals surface area contributed by atoms with E-state index in [2.05, 4.69) is 38.9 Å². The number of hydrogen-bond donors (Lipinski definition) is 3. The minimum Gasteiger partial charge on any atom is -0.507 e. The van der Waals surface area contributed by atoms with Crippen molar-refractivity contribution in [1.82, 2.24) is 25.1 Å².